The zero-order chi connectivity index (χ0) is 11.2. The van der Waals surface area contributed by atoms with Gasteiger partial charge in [0, 0.05) is 12.0 Å². The van der Waals surface area contributed by atoms with Crippen molar-refractivity contribution in [3.8, 4) is 0 Å². The van der Waals surface area contributed by atoms with Crippen molar-refractivity contribution in [3.05, 3.63) is 12.2 Å². The number of hydrogen-bond donors (Lipinski definition) is 0. The van der Waals surface area contributed by atoms with Crippen LogP contribution in [0.4, 0.5) is 0 Å². The van der Waals surface area contributed by atoms with E-state index >= 15 is 0 Å². The van der Waals surface area contributed by atoms with Gasteiger partial charge in [-0.3, -0.25) is 4.79 Å². The van der Waals surface area contributed by atoms with E-state index in [-0.39, 0.29) is 11.2 Å². The Bertz CT molecular complexity index is 197. The highest BCUT2D eigenvalue weighted by Gasteiger charge is 2.17. The highest BCUT2D eigenvalue weighted by Crippen LogP contribution is 2.14. The second kappa shape index (κ2) is 5.97. The summed E-state index contributed by atoms with van der Waals surface area (Å²) in [7, 11) is 0. The molecule has 0 rings (SSSR count). The smallest absolute Gasteiger partial charge is 0.160 e. The van der Waals surface area contributed by atoms with Crippen LogP contribution < -0.4 is 0 Å². The van der Waals surface area contributed by atoms with E-state index in [9.17, 15) is 4.79 Å². The van der Waals surface area contributed by atoms with E-state index in [4.69, 9.17) is 0 Å². The Morgan fingerprint density at radius 3 is 2.07 bits per heavy atom. The van der Waals surface area contributed by atoms with E-state index in [2.05, 4.69) is 18.7 Å². The molecular formula is C12H23NO. The van der Waals surface area contributed by atoms with Crippen molar-refractivity contribution in [1.29, 1.82) is 0 Å². The van der Waals surface area contributed by atoms with Crippen molar-refractivity contribution in [2.75, 3.05) is 19.6 Å². The summed E-state index contributed by atoms with van der Waals surface area (Å²) >= 11 is 0. The number of likely N-dealkylation sites (N-methyl/N-ethyl adjacent to an activating group) is 1. The van der Waals surface area contributed by atoms with Gasteiger partial charge in [-0.25, -0.2) is 0 Å². The van der Waals surface area contributed by atoms with Crippen molar-refractivity contribution in [1.82, 2.24) is 4.90 Å². The van der Waals surface area contributed by atoms with Gasteiger partial charge < -0.3 is 4.90 Å². The normalized spacial score (nSPS) is 12.7. The highest BCUT2D eigenvalue weighted by molar-refractivity contribution is 5.93. The topological polar surface area (TPSA) is 20.3 Å². The van der Waals surface area contributed by atoms with Crippen LogP contribution in [0.2, 0.25) is 0 Å². The van der Waals surface area contributed by atoms with E-state index in [0.29, 0.717) is 0 Å². The van der Waals surface area contributed by atoms with Crippen LogP contribution in [0, 0.1) is 5.41 Å². The van der Waals surface area contributed by atoms with E-state index < -0.39 is 0 Å². The lowest BCUT2D eigenvalue weighted by atomic mass is 9.91. The van der Waals surface area contributed by atoms with E-state index in [0.717, 1.165) is 19.6 Å². The van der Waals surface area contributed by atoms with Crippen LogP contribution in [0.3, 0.4) is 0 Å². The fourth-order valence-electron chi connectivity index (χ4n) is 1.04. The van der Waals surface area contributed by atoms with Gasteiger partial charge >= 0.3 is 0 Å². The SMILES string of the molecule is CCN(CC)C/C=C/C(=O)C(C)(C)C. The molecule has 0 spiro atoms. The van der Waals surface area contributed by atoms with Crippen LogP contribution in [-0.2, 0) is 4.79 Å². The molecule has 0 unspecified atom stereocenters. The first-order valence-electron chi connectivity index (χ1n) is 5.35. The van der Waals surface area contributed by atoms with Crippen LogP contribution in [0.5, 0.6) is 0 Å². The number of allylic oxidation sites excluding steroid dienone is 1. The largest absolute Gasteiger partial charge is 0.300 e. The third kappa shape index (κ3) is 5.18. The van der Waals surface area contributed by atoms with Gasteiger partial charge in [0.05, 0.1) is 0 Å². The maximum atomic E-state index is 11.5. The van der Waals surface area contributed by atoms with Gasteiger partial charge in [0.15, 0.2) is 5.78 Å². The summed E-state index contributed by atoms with van der Waals surface area (Å²) in [6.07, 6.45) is 3.67. The van der Waals surface area contributed by atoms with Crippen molar-refractivity contribution in [2.24, 2.45) is 5.41 Å². The van der Waals surface area contributed by atoms with E-state index in [1.165, 1.54) is 0 Å². The van der Waals surface area contributed by atoms with E-state index in [1.54, 1.807) is 6.08 Å². The molecule has 0 radical (unpaired) electrons. The summed E-state index contributed by atoms with van der Waals surface area (Å²) < 4.78 is 0. The summed E-state index contributed by atoms with van der Waals surface area (Å²) in [5.74, 6) is 0.199. The number of carbonyl (C=O) groups excluding carboxylic acids is 1. The molecule has 0 aliphatic heterocycles. The second-order valence-corrected chi connectivity index (χ2v) is 4.50. The molecule has 0 aromatic rings. The quantitative estimate of drug-likeness (QED) is 0.631. The fraction of sp³-hybridized carbons (Fsp3) is 0.750. The lowest BCUT2D eigenvalue weighted by Crippen LogP contribution is -2.23. The maximum Gasteiger partial charge on any atom is 0.160 e. The Morgan fingerprint density at radius 1 is 1.21 bits per heavy atom. The summed E-state index contributed by atoms with van der Waals surface area (Å²) in [6, 6.07) is 0. The Balaban J connectivity index is 4.00. The lowest BCUT2D eigenvalue weighted by Gasteiger charge is -2.16. The number of carbonyl (C=O) groups is 1. The van der Waals surface area contributed by atoms with Gasteiger partial charge in [-0.15, -0.1) is 0 Å². The molecule has 0 aliphatic carbocycles. The third-order valence-electron chi connectivity index (χ3n) is 2.27. The number of hydrogen-bond acceptors (Lipinski definition) is 2. The molecule has 0 amide bonds. The van der Waals surface area contributed by atoms with Gasteiger partial charge in [0.25, 0.3) is 0 Å². The minimum Gasteiger partial charge on any atom is -0.300 e. The highest BCUT2D eigenvalue weighted by atomic mass is 16.1. The first kappa shape index (κ1) is 13.4. The van der Waals surface area contributed by atoms with Gasteiger partial charge in [0.2, 0.25) is 0 Å². The van der Waals surface area contributed by atoms with Crippen molar-refractivity contribution < 1.29 is 4.79 Å². The zero-order valence-electron chi connectivity index (χ0n) is 10.1. The maximum absolute atomic E-state index is 11.5. The Morgan fingerprint density at radius 2 is 1.71 bits per heavy atom. The first-order chi connectivity index (χ1) is 6.41. The third-order valence-corrected chi connectivity index (χ3v) is 2.27. The minimum atomic E-state index is -0.250. The van der Waals surface area contributed by atoms with E-state index in [1.807, 2.05) is 26.8 Å². The van der Waals surface area contributed by atoms with Gasteiger partial charge in [-0.05, 0) is 19.2 Å². The van der Waals surface area contributed by atoms with Gasteiger partial charge in [0.1, 0.15) is 0 Å². The first-order valence-corrected chi connectivity index (χ1v) is 5.35. The van der Waals surface area contributed by atoms with Crippen LogP contribution in [0.15, 0.2) is 12.2 Å². The molecule has 0 fully saturated rings. The molecule has 0 N–H and O–H groups in total. The average Bonchev–Trinajstić information content (AvgIpc) is 2.10. The molecule has 0 aliphatic rings. The molecule has 0 heterocycles. The molecular weight excluding hydrogens is 174 g/mol. The molecule has 2 heteroatoms. The molecule has 0 saturated heterocycles. The van der Waals surface area contributed by atoms with Gasteiger partial charge in [-0.2, -0.15) is 0 Å². The van der Waals surface area contributed by atoms with Crippen molar-refractivity contribution in [2.45, 2.75) is 34.6 Å². The molecule has 82 valence electrons. The van der Waals surface area contributed by atoms with Crippen LogP contribution >= 0.6 is 0 Å². The van der Waals surface area contributed by atoms with Crippen LogP contribution in [-0.4, -0.2) is 30.3 Å². The number of ketones is 1. The number of rotatable bonds is 5. The summed E-state index contributed by atoms with van der Waals surface area (Å²) in [6.45, 7) is 13.0. The average molecular weight is 197 g/mol. The predicted molar refractivity (Wildman–Crippen MR) is 61.4 cm³/mol. The zero-order valence-corrected chi connectivity index (χ0v) is 10.1. The van der Waals surface area contributed by atoms with Crippen molar-refractivity contribution in [3.63, 3.8) is 0 Å². The minimum absolute atomic E-state index is 0.199. The standard InChI is InChI=1S/C12H23NO/c1-6-13(7-2)10-8-9-11(14)12(3,4)5/h8-9H,6-7,10H2,1-5H3/b9-8+. The predicted octanol–water partition coefficient (Wildman–Crippen LogP) is 2.50. The molecule has 0 aromatic heterocycles. The van der Waals surface area contributed by atoms with Crippen molar-refractivity contribution >= 4 is 5.78 Å². The summed E-state index contributed by atoms with van der Waals surface area (Å²) in [5.41, 5.74) is -0.250. The van der Waals surface area contributed by atoms with Gasteiger partial charge in [-0.1, -0.05) is 40.7 Å². The molecule has 0 atom stereocenters. The Labute approximate surface area is 88.0 Å². The monoisotopic (exact) mass is 197 g/mol. The molecule has 0 bridgehead atoms. The molecule has 0 aromatic carbocycles. The fourth-order valence-corrected chi connectivity index (χ4v) is 1.04. The molecule has 2 nitrogen and oxygen atoms in total. The number of nitrogens with zero attached hydrogens (tertiary/aromatic N) is 1. The summed E-state index contributed by atoms with van der Waals surface area (Å²) in [4.78, 5) is 13.8. The summed E-state index contributed by atoms with van der Waals surface area (Å²) in [5, 5.41) is 0. The van der Waals surface area contributed by atoms with Crippen LogP contribution in [0.1, 0.15) is 34.6 Å². The van der Waals surface area contributed by atoms with Crippen LogP contribution in [0.25, 0.3) is 0 Å². The Hall–Kier alpha value is -0.630. The second-order valence-electron chi connectivity index (χ2n) is 4.50. The molecule has 0 saturated carbocycles. The lowest BCUT2D eigenvalue weighted by molar-refractivity contribution is -0.121. The molecule has 14 heavy (non-hydrogen) atoms. The Kier molecular flexibility index (Phi) is 5.70.